The predicted octanol–water partition coefficient (Wildman–Crippen LogP) is 6.38. The monoisotopic (exact) mass is 883 g/mol. The van der Waals surface area contributed by atoms with Crippen LogP contribution in [0.25, 0.3) is 10.9 Å². The van der Waals surface area contributed by atoms with E-state index in [9.17, 15) is 15.2 Å². The molecule has 0 radical (unpaired) electrons. The molecule has 1 unspecified atom stereocenters. The summed E-state index contributed by atoms with van der Waals surface area (Å²) in [6.07, 6.45) is 1.19. The van der Waals surface area contributed by atoms with Gasteiger partial charge in [0.05, 0.1) is 42.6 Å². The van der Waals surface area contributed by atoms with E-state index >= 15 is 4.79 Å². The van der Waals surface area contributed by atoms with Crippen molar-refractivity contribution in [2.75, 3.05) is 46.5 Å². The van der Waals surface area contributed by atoms with Crippen LogP contribution < -0.4 is 29.0 Å². The number of nitrogens with one attached hydrogen (secondary N) is 2. The number of carbonyl (C=O) groups is 2. The molecule has 5 aromatic rings. The molecule has 330 valence electrons. The Balaban J connectivity index is 1.13. The Morgan fingerprint density at radius 3 is 2.67 bits per heavy atom. The molecule has 12 rings (SSSR count). The highest BCUT2D eigenvalue weighted by Crippen LogP contribution is 2.64. The molecule has 64 heavy (non-hydrogen) atoms. The first-order valence-electron chi connectivity index (χ1n) is 21.8. The van der Waals surface area contributed by atoms with Gasteiger partial charge in [0.25, 0.3) is 0 Å². The molecule has 7 atom stereocenters. The Morgan fingerprint density at radius 1 is 1.08 bits per heavy atom. The molecule has 0 saturated carbocycles. The molecule has 8 heterocycles. The largest absolute Gasteiger partial charge is 0.504 e. The van der Waals surface area contributed by atoms with Gasteiger partial charge in [-0.15, -0.1) is 11.8 Å². The van der Waals surface area contributed by atoms with E-state index in [2.05, 4.69) is 38.3 Å². The van der Waals surface area contributed by atoms with E-state index < -0.39 is 40.9 Å². The summed E-state index contributed by atoms with van der Waals surface area (Å²) in [4.78, 5) is 36.5. The smallest absolute Gasteiger partial charge is 0.308 e. The van der Waals surface area contributed by atoms with Crippen LogP contribution in [0.2, 0.25) is 0 Å². The highest BCUT2D eigenvalue weighted by atomic mass is 32.2. The van der Waals surface area contributed by atoms with Crippen LogP contribution in [0.4, 0.5) is 0 Å². The minimum atomic E-state index is -1.25. The minimum Gasteiger partial charge on any atom is -0.504 e. The van der Waals surface area contributed by atoms with Gasteiger partial charge in [0, 0.05) is 64.6 Å². The quantitative estimate of drug-likeness (QED) is 0.132. The van der Waals surface area contributed by atoms with E-state index in [-0.39, 0.29) is 43.3 Å². The first-order chi connectivity index (χ1) is 31.1. The van der Waals surface area contributed by atoms with E-state index in [0.717, 1.165) is 50.0 Å². The van der Waals surface area contributed by atoms with Crippen molar-refractivity contribution in [3.63, 3.8) is 0 Å². The average molecular weight is 884 g/mol. The van der Waals surface area contributed by atoms with Gasteiger partial charge in [-0.3, -0.25) is 24.7 Å². The Hall–Kier alpha value is -5.76. The van der Waals surface area contributed by atoms with Crippen molar-refractivity contribution >= 4 is 34.4 Å². The van der Waals surface area contributed by atoms with Crippen LogP contribution in [0.15, 0.2) is 54.6 Å². The fourth-order valence-corrected chi connectivity index (χ4v) is 13.4. The van der Waals surface area contributed by atoms with Crippen molar-refractivity contribution in [3.8, 4) is 40.6 Å². The number of aromatic nitrogens is 1. The van der Waals surface area contributed by atoms with Gasteiger partial charge in [-0.05, 0) is 62.1 Å². The number of nitrogens with zero attached hydrogens (tertiary/aromatic N) is 3. The number of esters is 1. The number of thioether (sulfide) groups is 1. The van der Waals surface area contributed by atoms with E-state index in [1.807, 2.05) is 63.4 Å². The summed E-state index contributed by atoms with van der Waals surface area (Å²) in [5.74, 6) is 2.07. The lowest BCUT2D eigenvalue weighted by Crippen LogP contribution is -2.69. The Labute approximate surface area is 374 Å². The number of phenols is 1. The molecule has 15 heteroatoms. The maximum atomic E-state index is 15.2. The molecule has 7 aliphatic rings. The van der Waals surface area contributed by atoms with E-state index in [4.69, 9.17) is 28.4 Å². The second kappa shape index (κ2) is 15.5. The number of Topliss-reactive ketones (excluding diaryl/α,β-unsaturated/α-hetero) is 1. The van der Waals surface area contributed by atoms with Crippen LogP contribution in [-0.2, 0) is 39.3 Å². The van der Waals surface area contributed by atoms with E-state index in [1.165, 1.54) is 6.92 Å². The fraction of sp³-hybridized carbons (Fsp3) is 0.408. The van der Waals surface area contributed by atoms with Gasteiger partial charge in [-0.25, -0.2) is 0 Å². The number of para-hydroxylation sites is 1. The lowest BCUT2D eigenvalue weighted by molar-refractivity contribution is -0.133. The third kappa shape index (κ3) is 5.92. The number of aromatic amines is 1. The molecule has 2 saturated heterocycles. The zero-order chi connectivity index (χ0) is 44.2. The van der Waals surface area contributed by atoms with Crippen LogP contribution in [0.5, 0.6) is 34.5 Å². The zero-order valence-electron chi connectivity index (χ0n) is 36.3. The number of ketones is 1. The van der Waals surface area contributed by atoms with Crippen LogP contribution in [0.3, 0.4) is 0 Å². The Morgan fingerprint density at radius 2 is 1.89 bits per heavy atom. The molecule has 2 fully saturated rings. The summed E-state index contributed by atoms with van der Waals surface area (Å²) in [5.41, 5.74) is 6.92. The molecule has 7 aliphatic heterocycles. The normalized spacial score (nSPS) is 26.9. The molecule has 14 nitrogen and oxygen atoms in total. The highest BCUT2D eigenvalue weighted by molar-refractivity contribution is 7.99. The van der Waals surface area contributed by atoms with Crippen LogP contribution in [0, 0.1) is 25.2 Å². The number of fused-ring (bicyclic) bond motifs is 12. The van der Waals surface area contributed by atoms with Crippen molar-refractivity contribution in [1.82, 2.24) is 20.1 Å². The lowest BCUT2D eigenvalue weighted by Gasteiger charge is -2.61. The second-order valence-corrected chi connectivity index (χ2v) is 18.8. The standard InChI is InChI=1S/C49H49N5O9S/c1-24-16-28-17-31-32(18-50)54-33-20-59-21-35(56)49(48-30(14-15-51-49)29-12-9-13-34(39(29)52-48)60-19-27-10-7-6-8-11-27)22-64-47(41(54)40(53(31)4)36(28)42(57)43(24)58-5)38-37(33)46-45(61-23-62-46)25(2)44(38)63-26(3)55/h6-13,16,31-33,40-41,47,51-52,57H,14-15,17,19-23H2,1-5H3/t31-,32-,33-,40+,41?,47+,49-/m0/s1. The number of phenolic OH excluding ortho intramolecular Hbond substituents is 1. The molecular formula is C49H49N5O9S. The summed E-state index contributed by atoms with van der Waals surface area (Å²) in [5, 5.41) is 27.7. The summed E-state index contributed by atoms with van der Waals surface area (Å²) < 4.78 is 37.6. The van der Waals surface area contributed by atoms with Gasteiger partial charge in [-0.2, -0.15) is 5.26 Å². The molecular weight excluding hydrogens is 835 g/mol. The number of carbonyl (C=O) groups excluding carboxylic acids is 2. The van der Waals surface area contributed by atoms with Gasteiger partial charge in [0.1, 0.15) is 36.3 Å². The van der Waals surface area contributed by atoms with Gasteiger partial charge >= 0.3 is 5.97 Å². The number of aryl methyl sites for hydroxylation is 1. The summed E-state index contributed by atoms with van der Waals surface area (Å²) in [6.45, 7) is 5.82. The molecule has 4 bridgehead atoms. The maximum absolute atomic E-state index is 15.2. The first-order valence-corrected chi connectivity index (χ1v) is 22.8. The second-order valence-electron chi connectivity index (χ2n) is 17.7. The number of benzene rings is 4. The number of nitriles is 1. The third-order valence-corrected chi connectivity index (χ3v) is 15.9. The van der Waals surface area contributed by atoms with Crippen molar-refractivity contribution in [2.45, 2.75) is 81.2 Å². The molecule has 4 aromatic carbocycles. The predicted molar refractivity (Wildman–Crippen MR) is 237 cm³/mol. The zero-order valence-corrected chi connectivity index (χ0v) is 37.1. The number of rotatable bonds is 5. The third-order valence-electron chi connectivity index (χ3n) is 14.4. The molecule has 0 amide bonds. The van der Waals surface area contributed by atoms with Gasteiger partial charge in [0.2, 0.25) is 6.79 Å². The molecule has 3 N–H and O–H groups in total. The van der Waals surface area contributed by atoms with Gasteiger partial charge in [0.15, 0.2) is 28.8 Å². The lowest BCUT2D eigenvalue weighted by atomic mass is 9.71. The van der Waals surface area contributed by atoms with E-state index in [1.54, 1.807) is 18.9 Å². The fourth-order valence-electron chi connectivity index (χ4n) is 11.7. The van der Waals surface area contributed by atoms with Crippen molar-refractivity contribution in [1.29, 1.82) is 5.26 Å². The van der Waals surface area contributed by atoms with Crippen molar-refractivity contribution in [3.05, 3.63) is 105 Å². The molecule has 1 aromatic heterocycles. The minimum absolute atomic E-state index is 0.00943. The number of hydrogen-bond donors (Lipinski definition) is 3. The van der Waals surface area contributed by atoms with Crippen molar-refractivity contribution in [2.24, 2.45) is 0 Å². The number of likely N-dealkylation sites (N-methyl/N-ethyl adjacent to an activating group) is 1. The number of aromatic hydroxyl groups is 1. The number of hydrogen-bond acceptors (Lipinski definition) is 14. The van der Waals surface area contributed by atoms with Crippen LogP contribution >= 0.6 is 11.8 Å². The van der Waals surface area contributed by atoms with Gasteiger partial charge in [-0.1, -0.05) is 48.5 Å². The Kier molecular flexibility index (Phi) is 9.89. The highest BCUT2D eigenvalue weighted by Gasteiger charge is 2.61. The average Bonchev–Trinajstić information content (AvgIpc) is 3.93. The van der Waals surface area contributed by atoms with Crippen LogP contribution in [-0.4, -0.2) is 96.2 Å². The SMILES string of the molecule is COc1c(C)cc2c(c1O)[C@@H]1C3[C@@H]4SC[C@]5(NCCc6c5[nH]c5c(OCc7ccccc7)cccc65)C(=O)COC[C@@H](c5c6c(c(C)c(OC(C)=O)c54)OCO6)N3[C@@H](C#N)[C@H](C2)N1C. The molecule has 1 spiro atoms. The first kappa shape index (κ1) is 41.0. The number of ether oxygens (including phenoxy) is 6. The summed E-state index contributed by atoms with van der Waals surface area (Å²) in [7, 11) is 3.58. The van der Waals surface area contributed by atoms with Crippen molar-refractivity contribution < 1.29 is 43.1 Å². The van der Waals surface area contributed by atoms with E-state index in [0.29, 0.717) is 65.9 Å². The topological polar surface area (TPSA) is 168 Å². The summed E-state index contributed by atoms with van der Waals surface area (Å²) >= 11 is 1.57. The summed E-state index contributed by atoms with van der Waals surface area (Å²) in [6, 6.07) is 18.2. The Bertz CT molecular complexity index is 2810. The number of H-pyrrole nitrogens is 1. The maximum Gasteiger partial charge on any atom is 0.308 e. The number of piperazine rings is 1. The number of methoxy groups -OCH3 is 1. The van der Waals surface area contributed by atoms with Crippen LogP contribution in [0.1, 0.15) is 74.5 Å². The molecule has 0 aliphatic carbocycles. The van der Waals surface area contributed by atoms with Gasteiger partial charge < -0.3 is 38.5 Å².